The summed E-state index contributed by atoms with van der Waals surface area (Å²) in [4.78, 5) is 12.4. The Morgan fingerprint density at radius 1 is 1.30 bits per heavy atom. The number of esters is 1. The van der Waals surface area contributed by atoms with E-state index in [1.54, 1.807) is 6.08 Å². The number of rotatable bonds is 6. The summed E-state index contributed by atoms with van der Waals surface area (Å²) >= 11 is 0. The quantitative estimate of drug-likeness (QED) is 0.727. The summed E-state index contributed by atoms with van der Waals surface area (Å²) in [5.74, 6) is -0.0723. The summed E-state index contributed by atoms with van der Waals surface area (Å²) in [6, 6.07) is 10.3. The first-order valence-corrected chi connectivity index (χ1v) is 8.05. The fourth-order valence-corrected chi connectivity index (χ4v) is 3.17. The Bertz CT molecular complexity index is 696. The van der Waals surface area contributed by atoms with Crippen molar-refractivity contribution in [1.29, 1.82) is 0 Å². The molecule has 0 bridgehead atoms. The van der Waals surface area contributed by atoms with Gasteiger partial charge in [0.25, 0.3) is 0 Å². The minimum atomic E-state index is -0.287. The van der Waals surface area contributed by atoms with Gasteiger partial charge in [-0.3, -0.25) is 0 Å². The zero-order valence-corrected chi connectivity index (χ0v) is 14.4. The van der Waals surface area contributed by atoms with E-state index >= 15 is 0 Å². The van der Waals surface area contributed by atoms with Gasteiger partial charge in [-0.1, -0.05) is 63.8 Å². The first-order chi connectivity index (χ1) is 11.0. The molecule has 0 N–H and O–H groups in total. The molecule has 1 aromatic carbocycles. The highest BCUT2D eigenvalue weighted by Gasteiger charge is 2.27. The number of hydrogen-bond acceptors (Lipinski definition) is 2. The normalized spacial score (nSPS) is 10.8. The topological polar surface area (TPSA) is 31.2 Å². The molecule has 23 heavy (non-hydrogen) atoms. The van der Waals surface area contributed by atoms with Gasteiger partial charge in [0.05, 0.1) is 12.7 Å². The Morgan fingerprint density at radius 2 is 1.96 bits per heavy atom. The van der Waals surface area contributed by atoms with Crippen molar-refractivity contribution in [1.82, 2.24) is 4.57 Å². The van der Waals surface area contributed by atoms with Gasteiger partial charge < -0.3 is 9.30 Å². The standard InChI is InChI=1S/C20H25NO2/c1-6-16-17(7-2)21(13-15-11-9-8-10-12-15)19(14(3)4)18(16)20(22)23-5/h6,8-12,14H,1,7,13H2,2-5H3. The van der Waals surface area contributed by atoms with Crippen LogP contribution in [0.1, 0.15) is 59.6 Å². The lowest BCUT2D eigenvalue weighted by Gasteiger charge is -2.16. The van der Waals surface area contributed by atoms with Gasteiger partial charge in [-0.15, -0.1) is 0 Å². The maximum atomic E-state index is 12.4. The molecule has 3 heteroatoms. The highest BCUT2D eigenvalue weighted by atomic mass is 16.5. The van der Waals surface area contributed by atoms with Gasteiger partial charge >= 0.3 is 5.97 Å². The molecule has 0 unspecified atom stereocenters. The van der Waals surface area contributed by atoms with Crippen LogP contribution in [0.5, 0.6) is 0 Å². The molecule has 1 heterocycles. The van der Waals surface area contributed by atoms with Crippen molar-refractivity contribution >= 4 is 12.0 Å². The summed E-state index contributed by atoms with van der Waals surface area (Å²) < 4.78 is 7.29. The van der Waals surface area contributed by atoms with Crippen LogP contribution in [0, 0.1) is 0 Å². The van der Waals surface area contributed by atoms with Crippen molar-refractivity contribution in [2.75, 3.05) is 7.11 Å². The Balaban J connectivity index is 2.70. The lowest BCUT2D eigenvalue weighted by molar-refractivity contribution is 0.0598. The van der Waals surface area contributed by atoms with Crippen molar-refractivity contribution < 1.29 is 9.53 Å². The fourth-order valence-electron chi connectivity index (χ4n) is 3.17. The highest BCUT2D eigenvalue weighted by molar-refractivity contribution is 5.96. The van der Waals surface area contributed by atoms with Crippen LogP contribution in [-0.2, 0) is 17.7 Å². The number of methoxy groups -OCH3 is 1. The van der Waals surface area contributed by atoms with Crippen LogP contribution in [0.15, 0.2) is 36.9 Å². The summed E-state index contributed by atoms with van der Waals surface area (Å²) in [5.41, 5.74) is 4.93. The molecule has 0 aliphatic carbocycles. The molecule has 0 saturated heterocycles. The number of aromatic nitrogens is 1. The summed E-state index contributed by atoms with van der Waals surface area (Å²) in [7, 11) is 1.43. The van der Waals surface area contributed by atoms with E-state index < -0.39 is 0 Å². The monoisotopic (exact) mass is 311 g/mol. The van der Waals surface area contributed by atoms with Crippen LogP contribution >= 0.6 is 0 Å². The zero-order chi connectivity index (χ0) is 17.0. The molecule has 2 aromatic rings. The van der Waals surface area contributed by atoms with E-state index in [2.05, 4.69) is 44.0 Å². The van der Waals surface area contributed by atoms with Gasteiger partial charge in [-0.25, -0.2) is 4.79 Å². The van der Waals surface area contributed by atoms with E-state index in [1.165, 1.54) is 12.7 Å². The Hall–Kier alpha value is -2.29. The van der Waals surface area contributed by atoms with E-state index in [0.29, 0.717) is 5.56 Å². The molecule has 0 amide bonds. The molecule has 2 rings (SSSR count). The first kappa shape index (κ1) is 17.1. The smallest absolute Gasteiger partial charge is 0.340 e. The van der Waals surface area contributed by atoms with Crippen LogP contribution in [0.3, 0.4) is 0 Å². The SMILES string of the molecule is C=Cc1c(C(=O)OC)c(C(C)C)n(Cc2ccccc2)c1CC. The van der Waals surface area contributed by atoms with E-state index in [0.717, 1.165) is 29.9 Å². The zero-order valence-electron chi connectivity index (χ0n) is 14.4. The number of nitrogens with zero attached hydrogens (tertiary/aromatic N) is 1. The minimum absolute atomic E-state index is 0.215. The number of benzene rings is 1. The van der Waals surface area contributed by atoms with Gasteiger partial charge in [0.1, 0.15) is 0 Å². The third kappa shape index (κ3) is 3.24. The largest absolute Gasteiger partial charge is 0.465 e. The van der Waals surface area contributed by atoms with Crippen molar-refractivity contribution in [2.45, 2.75) is 39.7 Å². The molecular weight excluding hydrogens is 286 g/mol. The molecular formula is C20H25NO2. The summed E-state index contributed by atoms with van der Waals surface area (Å²) in [6.07, 6.45) is 2.61. The Labute approximate surface area is 138 Å². The Kier molecular flexibility index (Phi) is 5.43. The average molecular weight is 311 g/mol. The van der Waals surface area contributed by atoms with Crippen molar-refractivity contribution in [2.24, 2.45) is 0 Å². The second kappa shape index (κ2) is 7.32. The van der Waals surface area contributed by atoms with Crippen molar-refractivity contribution in [3.63, 3.8) is 0 Å². The Morgan fingerprint density at radius 3 is 2.43 bits per heavy atom. The molecule has 0 fully saturated rings. The molecule has 0 atom stereocenters. The predicted molar refractivity (Wildman–Crippen MR) is 94.9 cm³/mol. The molecule has 0 aliphatic heterocycles. The van der Waals surface area contributed by atoms with Crippen molar-refractivity contribution in [3.8, 4) is 0 Å². The third-order valence-corrected chi connectivity index (χ3v) is 4.11. The van der Waals surface area contributed by atoms with Crippen LogP contribution in [0.25, 0.3) is 6.08 Å². The molecule has 0 saturated carbocycles. The molecule has 122 valence electrons. The van der Waals surface area contributed by atoms with E-state index in [1.807, 2.05) is 18.2 Å². The van der Waals surface area contributed by atoms with Crippen LogP contribution in [-0.4, -0.2) is 17.6 Å². The second-order valence-corrected chi connectivity index (χ2v) is 5.90. The first-order valence-electron chi connectivity index (χ1n) is 8.05. The molecule has 1 aromatic heterocycles. The average Bonchev–Trinajstić information content (AvgIpc) is 2.88. The lowest BCUT2D eigenvalue weighted by atomic mass is 10.0. The summed E-state index contributed by atoms with van der Waals surface area (Å²) in [5, 5.41) is 0. The number of ether oxygens (including phenoxy) is 1. The maximum Gasteiger partial charge on any atom is 0.340 e. The number of carbonyl (C=O) groups excluding carboxylic acids is 1. The van der Waals surface area contributed by atoms with Gasteiger partial charge in [-0.2, -0.15) is 0 Å². The van der Waals surface area contributed by atoms with Crippen molar-refractivity contribution in [3.05, 3.63) is 65.0 Å². The lowest BCUT2D eigenvalue weighted by Crippen LogP contribution is -2.12. The maximum absolute atomic E-state index is 12.4. The fraction of sp³-hybridized carbons (Fsp3) is 0.350. The molecule has 0 radical (unpaired) electrons. The number of carbonyl (C=O) groups is 1. The van der Waals surface area contributed by atoms with Crippen LogP contribution in [0.4, 0.5) is 0 Å². The van der Waals surface area contributed by atoms with Crippen LogP contribution in [0.2, 0.25) is 0 Å². The third-order valence-electron chi connectivity index (χ3n) is 4.11. The predicted octanol–water partition coefficient (Wildman–Crippen LogP) is 4.65. The minimum Gasteiger partial charge on any atom is -0.465 e. The van der Waals surface area contributed by atoms with Gasteiger partial charge in [0.2, 0.25) is 0 Å². The van der Waals surface area contributed by atoms with Gasteiger partial charge in [-0.05, 0) is 17.9 Å². The van der Waals surface area contributed by atoms with Gasteiger partial charge in [0, 0.05) is 23.5 Å². The summed E-state index contributed by atoms with van der Waals surface area (Å²) in [6.45, 7) is 11.0. The van der Waals surface area contributed by atoms with Crippen LogP contribution < -0.4 is 0 Å². The number of hydrogen-bond donors (Lipinski definition) is 0. The molecule has 0 aliphatic rings. The van der Waals surface area contributed by atoms with E-state index in [9.17, 15) is 4.79 Å². The molecule has 0 spiro atoms. The van der Waals surface area contributed by atoms with Gasteiger partial charge in [0.15, 0.2) is 0 Å². The van der Waals surface area contributed by atoms with E-state index in [-0.39, 0.29) is 11.9 Å². The highest BCUT2D eigenvalue weighted by Crippen LogP contribution is 2.32. The second-order valence-electron chi connectivity index (χ2n) is 5.90. The molecule has 3 nitrogen and oxygen atoms in total. The van der Waals surface area contributed by atoms with E-state index in [4.69, 9.17) is 4.74 Å².